The maximum Gasteiger partial charge on any atom is 0.274 e. The van der Waals surface area contributed by atoms with Crippen molar-refractivity contribution in [1.29, 1.82) is 0 Å². The van der Waals surface area contributed by atoms with E-state index >= 15 is 0 Å². The van der Waals surface area contributed by atoms with Crippen LogP contribution in [0.2, 0.25) is 5.02 Å². The zero-order valence-corrected chi connectivity index (χ0v) is 19.3. The lowest BCUT2D eigenvalue weighted by molar-refractivity contribution is -0.385. The average molecular weight is 481 g/mol. The molecule has 4 unspecified atom stereocenters. The SMILES string of the molecule is Cc1cc(Cl)c2c(c1)C1(C(=O)N2)C2C(=O)N(c3cccc([N+](=O)[O-])c3C)C(=O)C2C2CCCN21. The fourth-order valence-electron chi connectivity index (χ4n) is 6.68. The van der Waals surface area contributed by atoms with Gasteiger partial charge in [-0.05, 0) is 50.9 Å². The van der Waals surface area contributed by atoms with Gasteiger partial charge in [0, 0.05) is 17.7 Å². The quantitative estimate of drug-likeness (QED) is 0.401. The van der Waals surface area contributed by atoms with E-state index in [1.54, 1.807) is 12.1 Å². The molecule has 3 amide bonds. The van der Waals surface area contributed by atoms with E-state index in [2.05, 4.69) is 5.32 Å². The molecule has 174 valence electrons. The van der Waals surface area contributed by atoms with Crippen molar-refractivity contribution < 1.29 is 19.3 Å². The second-order valence-electron chi connectivity index (χ2n) is 9.49. The molecule has 4 atom stereocenters. The van der Waals surface area contributed by atoms with E-state index in [1.165, 1.54) is 19.1 Å². The summed E-state index contributed by atoms with van der Waals surface area (Å²) < 4.78 is 0. The summed E-state index contributed by atoms with van der Waals surface area (Å²) in [6.45, 7) is 3.99. The van der Waals surface area contributed by atoms with Crippen molar-refractivity contribution in [3.63, 3.8) is 0 Å². The van der Waals surface area contributed by atoms with Crippen molar-refractivity contribution in [1.82, 2.24) is 4.90 Å². The van der Waals surface area contributed by atoms with Gasteiger partial charge in [0.15, 0.2) is 0 Å². The van der Waals surface area contributed by atoms with E-state index in [1.807, 2.05) is 17.9 Å². The number of rotatable bonds is 2. The lowest BCUT2D eigenvalue weighted by atomic mass is 9.75. The highest BCUT2D eigenvalue weighted by atomic mass is 35.5. The number of halogens is 1. The van der Waals surface area contributed by atoms with Crippen LogP contribution in [0.25, 0.3) is 0 Å². The highest BCUT2D eigenvalue weighted by Crippen LogP contribution is 2.61. The number of nitro benzene ring substituents is 1. The van der Waals surface area contributed by atoms with Gasteiger partial charge in [-0.2, -0.15) is 0 Å². The smallest absolute Gasteiger partial charge is 0.274 e. The standard InChI is InChI=1S/C24H21ClN4O5/c1-11-9-13-20(14(25)10-11)26-23(32)24(13)19-18(17-7-4-8-27(17)24)21(30)28(22(19)31)15-5-3-6-16(12(15)2)29(33)34/h3,5-6,9-10,17-19H,4,7-8H2,1-2H3,(H,26,32). The van der Waals surface area contributed by atoms with E-state index in [-0.39, 0.29) is 28.9 Å². The fraction of sp³-hybridized carbons (Fsp3) is 0.375. The Kier molecular flexibility index (Phi) is 4.29. The lowest BCUT2D eigenvalue weighted by Crippen LogP contribution is -2.54. The summed E-state index contributed by atoms with van der Waals surface area (Å²) in [5.41, 5.74) is 0.878. The predicted octanol–water partition coefficient (Wildman–Crippen LogP) is 3.30. The van der Waals surface area contributed by atoms with Crippen molar-refractivity contribution in [2.45, 2.75) is 38.3 Å². The Labute approximate surface area is 199 Å². The van der Waals surface area contributed by atoms with Crippen molar-refractivity contribution in [2.24, 2.45) is 11.8 Å². The first-order valence-electron chi connectivity index (χ1n) is 11.2. The molecule has 6 rings (SSSR count). The van der Waals surface area contributed by atoms with Gasteiger partial charge in [-0.25, -0.2) is 4.90 Å². The molecule has 0 saturated carbocycles. The minimum absolute atomic E-state index is 0.168. The number of imide groups is 1. The van der Waals surface area contributed by atoms with Crippen LogP contribution < -0.4 is 10.2 Å². The molecular formula is C24H21ClN4O5. The van der Waals surface area contributed by atoms with Gasteiger partial charge in [-0.1, -0.05) is 23.7 Å². The minimum atomic E-state index is -1.34. The van der Waals surface area contributed by atoms with Crippen LogP contribution in [0.3, 0.4) is 0 Å². The zero-order valence-electron chi connectivity index (χ0n) is 18.5. The number of amides is 3. The third-order valence-corrected chi connectivity index (χ3v) is 8.21. The van der Waals surface area contributed by atoms with Gasteiger partial charge in [0.25, 0.3) is 11.6 Å². The highest BCUT2D eigenvalue weighted by molar-refractivity contribution is 6.35. The molecule has 1 N–H and O–H groups in total. The van der Waals surface area contributed by atoms with Crippen LogP contribution in [-0.2, 0) is 19.9 Å². The van der Waals surface area contributed by atoms with E-state index in [4.69, 9.17) is 11.6 Å². The van der Waals surface area contributed by atoms with Crippen LogP contribution in [0.1, 0.15) is 29.5 Å². The largest absolute Gasteiger partial charge is 0.323 e. The van der Waals surface area contributed by atoms with E-state index in [0.717, 1.165) is 16.9 Å². The Morgan fingerprint density at radius 3 is 2.68 bits per heavy atom. The molecule has 3 fully saturated rings. The van der Waals surface area contributed by atoms with Crippen molar-refractivity contribution in [2.75, 3.05) is 16.8 Å². The van der Waals surface area contributed by atoms with Crippen LogP contribution in [0, 0.1) is 35.8 Å². The number of benzene rings is 2. The van der Waals surface area contributed by atoms with Gasteiger partial charge < -0.3 is 5.32 Å². The third-order valence-electron chi connectivity index (χ3n) is 7.91. The molecule has 1 spiro atoms. The summed E-state index contributed by atoms with van der Waals surface area (Å²) in [4.78, 5) is 55.6. The van der Waals surface area contributed by atoms with E-state index in [0.29, 0.717) is 29.2 Å². The summed E-state index contributed by atoms with van der Waals surface area (Å²) >= 11 is 6.49. The first kappa shape index (κ1) is 21.2. The molecule has 2 aromatic carbocycles. The molecule has 0 radical (unpaired) electrons. The lowest BCUT2D eigenvalue weighted by Gasteiger charge is -2.37. The molecule has 0 bridgehead atoms. The number of hydrogen-bond acceptors (Lipinski definition) is 6. The van der Waals surface area contributed by atoms with Gasteiger partial charge >= 0.3 is 0 Å². The molecule has 4 heterocycles. The topological polar surface area (TPSA) is 113 Å². The monoisotopic (exact) mass is 480 g/mol. The summed E-state index contributed by atoms with van der Waals surface area (Å²) in [6, 6.07) is 7.71. The van der Waals surface area contributed by atoms with Gasteiger partial charge in [0.2, 0.25) is 11.8 Å². The van der Waals surface area contributed by atoms with Crippen LogP contribution in [0.5, 0.6) is 0 Å². The number of nitro groups is 1. The zero-order chi connectivity index (χ0) is 24.1. The van der Waals surface area contributed by atoms with Gasteiger partial charge in [-0.15, -0.1) is 0 Å². The Morgan fingerprint density at radius 2 is 1.94 bits per heavy atom. The second kappa shape index (κ2) is 6.86. The minimum Gasteiger partial charge on any atom is -0.323 e. The number of nitrogens with one attached hydrogen (secondary N) is 1. The molecule has 9 nitrogen and oxygen atoms in total. The summed E-state index contributed by atoms with van der Waals surface area (Å²) in [7, 11) is 0. The highest BCUT2D eigenvalue weighted by Gasteiger charge is 2.75. The second-order valence-corrected chi connectivity index (χ2v) is 9.89. The molecule has 4 aliphatic rings. The molecule has 0 aromatic heterocycles. The van der Waals surface area contributed by atoms with E-state index < -0.39 is 34.1 Å². The molecule has 34 heavy (non-hydrogen) atoms. The first-order valence-corrected chi connectivity index (χ1v) is 11.6. The number of hydrogen-bond donors (Lipinski definition) is 1. The predicted molar refractivity (Wildman–Crippen MR) is 124 cm³/mol. The summed E-state index contributed by atoms with van der Waals surface area (Å²) in [6.07, 6.45) is 1.49. The fourth-order valence-corrected chi connectivity index (χ4v) is 7.01. The Bertz CT molecular complexity index is 1340. The van der Waals surface area contributed by atoms with Crippen LogP contribution in [-0.4, -0.2) is 40.1 Å². The van der Waals surface area contributed by atoms with Crippen molar-refractivity contribution in [3.05, 3.63) is 62.2 Å². The van der Waals surface area contributed by atoms with Crippen LogP contribution in [0.4, 0.5) is 17.1 Å². The van der Waals surface area contributed by atoms with Crippen molar-refractivity contribution >= 4 is 46.4 Å². The van der Waals surface area contributed by atoms with Crippen LogP contribution in [0.15, 0.2) is 30.3 Å². The summed E-state index contributed by atoms with van der Waals surface area (Å²) in [5.74, 6) is -2.93. The summed E-state index contributed by atoms with van der Waals surface area (Å²) in [5, 5.41) is 14.8. The normalized spacial score (nSPS) is 29.6. The van der Waals surface area contributed by atoms with Gasteiger partial charge in [-0.3, -0.25) is 29.4 Å². The van der Waals surface area contributed by atoms with Crippen LogP contribution >= 0.6 is 11.6 Å². The van der Waals surface area contributed by atoms with Gasteiger partial charge in [0.05, 0.1) is 38.7 Å². The average Bonchev–Trinajstić information content (AvgIpc) is 3.48. The first-order chi connectivity index (χ1) is 16.2. The number of aryl methyl sites for hydroxylation is 1. The maximum absolute atomic E-state index is 14.0. The molecule has 10 heteroatoms. The Morgan fingerprint density at radius 1 is 1.18 bits per heavy atom. The van der Waals surface area contributed by atoms with Crippen molar-refractivity contribution in [3.8, 4) is 0 Å². The third kappa shape index (κ3) is 2.35. The number of nitrogens with zero attached hydrogens (tertiary/aromatic N) is 3. The number of fused-ring (bicyclic) bond motifs is 7. The van der Waals surface area contributed by atoms with E-state index in [9.17, 15) is 24.5 Å². The molecular weight excluding hydrogens is 460 g/mol. The molecule has 2 aromatic rings. The Hall–Kier alpha value is -3.30. The molecule has 4 aliphatic heterocycles. The van der Waals surface area contributed by atoms with Gasteiger partial charge in [0.1, 0.15) is 5.54 Å². The number of carbonyl (C=O) groups excluding carboxylic acids is 3. The number of anilines is 2. The molecule has 3 saturated heterocycles. The maximum atomic E-state index is 14.0. The molecule has 0 aliphatic carbocycles. The number of carbonyl (C=O) groups is 3. The Balaban J connectivity index is 1.57.